The van der Waals surface area contributed by atoms with E-state index in [1.807, 2.05) is 24.3 Å². The predicted octanol–water partition coefficient (Wildman–Crippen LogP) is 3.09. The van der Waals surface area contributed by atoms with Gasteiger partial charge in [-0.3, -0.25) is 0 Å². The second-order valence-corrected chi connectivity index (χ2v) is 4.00. The van der Waals surface area contributed by atoms with Crippen LogP contribution < -0.4 is 0 Å². The van der Waals surface area contributed by atoms with Crippen molar-refractivity contribution in [2.45, 2.75) is 25.9 Å². The quantitative estimate of drug-likeness (QED) is 0.672. The first kappa shape index (κ1) is 9.56. The monoisotopic (exact) mass is 183 g/mol. The van der Waals surface area contributed by atoms with Crippen LogP contribution in [0.5, 0.6) is 0 Å². The smallest absolute Gasteiger partial charge is 0.102 e. The fraction of sp³-hybridized carbons (Fsp3) is 0.400. The summed E-state index contributed by atoms with van der Waals surface area (Å²) in [6.07, 6.45) is 0.546. The average Bonchev–Trinajstić information content (AvgIpc) is 1.91. The molecule has 0 heterocycles. The van der Waals surface area contributed by atoms with E-state index >= 15 is 0 Å². The van der Waals surface area contributed by atoms with Gasteiger partial charge in [-0.25, -0.2) is 5.11 Å². The van der Waals surface area contributed by atoms with Gasteiger partial charge in [0, 0.05) is 11.4 Å². The lowest BCUT2D eigenvalue weighted by Crippen LogP contribution is -2.19. The molecule has 1 nitrogen and oxygen atoms in total. The maximum absolute atomic E-state index is 11.3. The molecular weight excluding hydrogens is 172 g/mol. The Bertz CT molecular complexity index is 246. The highest BCUT2D eigenvalue weighted by molar-refractivity contribution is 6.30. The highest BCUT2D eigenvalue weighted by atomic mass is 35.5. The summed E-state index contributed by atoms with van der Waals surface area (Å²) in [5.74, 6) is 0. The summed E-state index contributed by atoms with van der Waals surface area (Å²) >= 11 is 5.70. The van der Waals surface area contributed by atoms with Gasteiger partial charge < -0.3 is 0 Å². The molecule has 1 radical (unpaired) electrons. The first-order valence-electron chi connectivity index (χ1n) is 3.92. The normalized spacial score (nSPS) is 11.7. The Morgan fingerprint density at radius 3 is 2.17 bits per heavy atom. The molecule has 0 aliphatic rings. The summed E-state index contributed by atoms with van der Waals surface area (Å²) in [6, 6.07) is 7.40. The third kappa shape index (κ3) is 3.24. The first-order valence-corrected chi connectivity index (χ1v) is 4.30. The van der Waals surface area contributed by atoms with Crippen molar-refractivity contribution in [2.24, 2.45) is 0 Å². The minimum atomic E-state index is -0.895. The third-order valence-corrected chi connectivity index (χ3v) is 1.80. The zero-order chi connectivity index (χ0) is 9.19. The molecule has 0 atom stereocenters. The number of rotatable bonds is 2. The Balaban J connectivity index is 2.71. The molecule has 1 aromatic rings. The molecule has 0 unspecified atom stereocenters. The Hall–Kier alpha value is -0.530. The van der Waals surface area contributed by atoms with Gasteiger partial charge in [-0.1, -0.05) is 23.7 Å². The number of hydrogen-bond donors (Lipinski definition) is 0. The van der Waals surface area contributed by atoms with Crippen LogP contribution in [0.15, 0.2) is 24.3 Å². The van der Waals surface area contributed by atoms with Crippen molar-refractivity contribution in [3.05, 3.63) is 34.9 Å². The van der Waals surface area contributed by atoms with Gasteiger partial charge in [0.05, 0.1) is 0 Å². The van der Waals surface area contributed by atoms with E-state index in [0.29, 0.717) is 11.4 Å². The van der Waals surface area contributed by atoms with Crippen LogP contribution in [0.3, 0.4) is 0 Å². The van der Waals surface area contributed by atoms with Gasteiger partial charge in [-0.05, 0) is 31.5 Å². The Labute approximate surface area is 78.0 Å². The summed E-state index contributed by atoms with van der Waals surface area (Å²) in [6.45, 7) is 3.36. The van der Waals surface area contributed by atoms with Gasteiger partial charge in [0.1, 0.15) is 5.60 Å². The maximum Gasteiger partial charge on any atom is 0.102 e. The Morgan fingerprint density at radius 2 is 1.75 bits per heavy atom. The molecule has 2 heteroatoms. The minimum absolute atomic E-state index is 0.546. The van der Waals surface area contributed by atoms with E-state index < -0.39 is 5.60 Å². The number of hydrogen-bond acceptors (Lipinski definition) is 0. The van der Waals surface area contributed by atoms with Crippen LogP contribution in [0, 0.1) is 0 Å². The van der Waals surface area contributed by atoms with Crippen LogP contribution in [0.1, 0.15) is 19.4 Å². The fourth-order valence-electron chi connectivity index (χ4n) is 1.09. The predicted molar refractivity (Wildman–Crippen MR) is 49.9 cm³/mol. The van der Waals surface area contributed by atoms with Crippen LogP contribution in [0.25, 0.3) is 0 Å². The van der Waals surface area contributed by atoms with Crippen molar-refractivity contribution in [3.8, 4) is 0 Å². The molecule has 0 saturated heterocycles. The van der Waals surface area contributed by atoms with Crippen molar-refractivity contribution in [1.82, 2.24) is 0 Å². The molecule has 0 fully saturated rings. The fourth-order valence-corrected chi connectivity index (χ4v) is 1.22. The van der Waals surface area contributed by atoms with E-state index in [1.54, 1.807) is 13.8 Å². The van der Waals surface area contributed by atoms with Gasteiger partial charge in [0.2, 0.25) is 0 Å². The van der Waals surface area contributed by atoms with E-state index in [-0.39, 0.29) is 0 Å². The van der Waals surface area contributed by atoms with Crippen LogP contribution >= 0.6 is 11.6 Å². The van der Waals surface area contributed by atoms with Gasteiger partial charge >= 0.3 is 0 Å². The topological polar surface area (TPSA) is 19.9 Å². The summed E-state index contributed by atoms with van der Waals surface area (Å²) in [5.41, 5.74) is 0.146. The molecule has 0 aliphatic heterocycles. The molecular formula is C10H12ClO. The van der Waals surface area contributed by atoms with Gasteiger partial charge in [-0.15, -0.1) is 0 Å². The lowest BCUT2D eigenvalue weighted by atomic mass is 9.99. The third-order valence-electron chi connectivity index (χ3n) is 1.54. The van der Waals surface area contributed by atoms with E-state index in [2.05, 4.69) is 0 Å². The van der Waals surface area contributed by atoms with Crippen molar-refractivity contribution in [1.29, 1.82) is 0 Å². The lowest BCUT2D eigenvalue weighted by molar-refractivity contribution is 0.00479. The molecule has 0 N–H and O–H groups in total. The van der Waals surface area contributed by atoms with Crippen molar-refractivity contribution in [3.63, 3.8) is 0 Å². The van der Waals surface area contributed by atoms with Crippen LogP contribution in [-0.2, 0) is 11.5 Å². The molecule has 0 bridgehead atoms. The Morgan fingerprint density at radius 1 is 1.25 bits per heavy atom. The van der Waals surface area contributed by atoms with Crippen molar-refractivity contribution in [2.75, 3.05) is 0 Å². The second-order valence-electron chi connectivity index (χ2n) is 3.56. The molecule has 0 aliphatic carbocycles. The summed E-state index contributed by atoms with van der Waals surface area (Å²) in [5, 5.41) is 12.0. The molecule has 0 amide bonds. The van der Waals surface area contributed by atoms with Crippen LogP contribution in [-0.4, -0.2) is 5.60 Å². The summed E-state index contributed by atoms with van der Waals surface area (Å²) in [7, 11) is 0. The van der Waals surface area contributed by atoms with Gasteiger partial charge in [0.15, 0.2) is 0 Å². The van der Waals surface area contributed by atoms with E-state index in [4.69, 9.17) is 11.6 Å². The zero-order valence-electron chi connectivity index (χ0n) is 7.30. The van der Waals surface area contributed by atoms with Crippen LogP contribution in [0.4, 0.5) is 0 Å². The molecule has 12 heavy (non-hydrogen) atoms. The van der Waals surface area contributed by atoms with Crippen molar-refractivity contribution < 1.29 is 5.11 Å². The van der Waals surface area contributed by atoms with Gasteiger partial charge in [-0.2, -0.15) is 0 Å². The number of halogens is 1. The highest BCUT2D eigenvalue weighted by Gasteiger charge is 2.15. The van der Waals surface area contributed by atoms with E-state index in [0.717, 1.165) is 5.56 Å². The molecule has 1 rings (SSSR count). The maximum atomic E-state index is 11.3. The van der Waals surface area contributed by atoms with Crippen LogP contribution in [0.2, 0.25) is 5.02 Å². The average molecular weight is 184 g/mol. The molecule has 65 valence electrons. The second kappa shape index (κ2) is 3.46. The van der Waals surface area contributed by atoms with E-state index in [9.17, 15) is 5.11 Å². The zero-order valence-corrected chi connectivity index (χ0v) is 8.06. The molecule has 1 aromatic carbocycles. The minimum Gasteiger partial charge on any atom is -0.230 e. The standard InChI is InChI=1S/C10H12ClO/c1-10(2,12)7-8-3-5-9(11)6-4-8/h3-6H,7H2,1-2H3. The molecule has 0 saturated carbocycles. The lowest BCUT2D eigenvalue weighted by Gasteiger charge is -2.13. The highest BCUT2D eigenvalue weighted by Crippen LogP contribution is 2.15. The summed E-state index contributed by atoms with van der Waals surface area (Å²) < 4.78 is 0. The number of benzene rings is 1. The Kier molecular flexibility index (Phi) is 2.76. The molecule has 0 aromatic heterocycles. The summed E-state index contributed by atoms with van der Waals surface area (Å²) in [4.78, 5) is 0. The van der Waals surface area contributed by atoms with E-state index in [1.165, 1.54) is 0 Å². The first-order chi connectivity index (χ1) is 5.47. The largest absolute Gasteiger partial charge is 0.230 e. The van der Waals surface area contributed by atoms with Crippen molar-refractivity contribution >= 4 is 11.6 Å². The SMILES string of the molecule is CC(C)([O])Cc1ccc(Cl)cc1. The molecule has 0 spiro atoms. The van der Waals surface area contributed by atoms with Gasteiger partial charge in [0.25, 0.3) is 0 Å².